The fourth-order valence-corrected chi connectivity index (χ4v) is 4.25. The third-order valence-electron chi connectivity index (χ3n) is 4.92. The molecule has 0 unspecified atom stereocenters. The second-order valence-corrected chi connectivity index (χ2v) is 7.80. The Kier molecular flexibility index (Phi) is 5.45. The summed E-state index contributed by atoms with van der Waals surface area (Å²) in [6, 6.07) is 15.5. The maximum atomic E-state index is 12.7. The minimum atomic E-state index is -0.224. The third-order valence-corrected chi connectivity index (χ3v) is 5.80. The van der Waals surface area contributed by atoms with Crippen LogP contribution < -0.4 is 5.32 Å². The van der Waals surface area contributed by atoms with Gasteiger partial charge in [-0.05, 0) is 49.4 Å². The van der Waals surface area contributed by atoms with E-state index in [1.165, 1.54) is 11.8 Å². The van der Waals surface area contributed by atoms with Gasteiger partial charge in [0.2, 0.25) is 0 Å². The van der Waals surface area contributed by atoms with E-state index >= 15 is 0 Å². The summed E-state index contributed by atoms with van der Waals surface area (Å²) in [5, 5.41) is 13.3. The number of carbonyl (C=O) groups excluding carboxylic acids is 1. The Morgan fingerprint density at radius 3 is 2.67 bits per heavy atom. The van der Waals surface area contributed by atoms with E-state index in [4.69, 9.17) is 4.42 Å². The van der Waals surface area contributed by atoms with Gasteiger partial charge >= 0.3 is 0 Å². The summed E-state index contributed by atoms with van der Waals surface area (Å²) in [5.74, 6) is 0.560. The molecule has 0 aliphatic heterocycles. The van der Waals surface area contributed by atoms with Gasteiger partial charge in [0.25, 0.3) is 11.1 Å². The van der Waals surface area contributed by atoms with Gasteiger partial charge in [0, 0.05) is 17.4 Å². The predicted molar refractivity (Wildman–Crippen MR) is 106 cm³/mol. The number of rotatable bonds is 5. The highest BCUT2D eigenvalue weighted by Gasteiger charge is 2.22. The number of benzene rings is 2. The van der Waals surface area contributed by atoms with Crippen LogP contribution in [0, 0.1) is 0 Å². The molecule has 0 saturated heterocycles. The van der Waals surface area contributed by atoms with Gasteiger partial charge in [-0.3, -0.25) is 4.79 Å². The van der Waals surface area contributed by atoms with Gasteiger partial charge < -0.3 is 14.8 Å². The lowest BCUT2D eigenvalue weighted by Gasteiger charge is -2.26. The molecule has 1 saturated carbocycles. The van der Waals surface area contributed by atoms with Crippen LogP contribution in [0.4, 0.5) is 0 Å². The Labute approximate surface area is 162 Å². The van der Waals surface area contributed by atoms with E-state index in [1.807, 2.05) is 48.5 Å². The first-order valence-electron chi connectivity index (χ1n) is 9.24. The highest BCUT2D eigenvalue weighted by Crippen LogP contribution is 2.27. The second kappa shape index (κ2) is 8.15. The van der Waals surface area contributed by atoms with Crippen molar-refractivity contribution in [2.45, 2.75) is 48.8 Å². The van der Waals surface area contributed by atoms with Gasteiger partial charge in [-0.2, -0.15) is 0 Å². The molecule has 1 aliphatic carbocycles. The number of hydrogen-bond acceptors (Lipinski definition) is 5. The van der Waals surface area contributed by atoms with Crippen LogP contribution >= 0.6 is 11.8 Å². The Bertz CT molecular complexity index is 899. The zero-order valence-electron chi connectivity index (χ0n) is 14.9. The summed E-state index contributed by atoms with van der Waals surface area (Å²) in [6.07, 6.45) is 2.93. The van der Waals surface area contributed by atoms with Gasteiger partial charge in [-0.25, -0.2) is 4.98 Å². The molecule has 3 aromatic rings. The molecule has 4 rings (SSSR count). The van der Waals surface area contributed by atoms with Crippen LogP contribution in [0.15, 0.2) is 58.2 Å². The SMILES string of the molecule is O=C(NC1CCC(O)CC1)c1ccccc1CSc1nc2ccccc2o1. The number of para-hydroxylation sites is 2. The van der Waals surface area contributed by atoms with Gasteiger partial charge in [0.05, 0.1) is 6.10 Å². The van der Waals surface area contributed by atoms with Gasteiger partial charge in [-0.1, -0.05) is 42.1 Å². The van der Waals surface area contributed by atoms with E-state index in [1.54, 1.807) is 0 Å². The normalized spacial score (nSPS) is 19.9. The molecule has 27 heavy (non-hydrogen) atoms. The summed E-state index contributed by atoms with van der Waals surface area (Å²) in [5.41, 5.74) is 3.25. The number of hydrogen-bond donors (Lipinski definition) is 2. The molecule has 140 valence electrons. The van der Waals surface area contributed by atoms with E-state index in [2.05, 4.69) is 10.3 Å². The minimum absolute atomic E-state index is 0.0508. The number of thioether (sulfide) groups is 1. The van der Waals surface area contributed by atoms with Crippen molar-refractivity contribution < 1.29 is 14.3 Å². The zero-order chi connectivity index (χ0) is 18.6. The monoisotopic (exact) mass is 382 g/mol. The summed E-state index contributed by atoms with van der Waals surface area (Å²) in [6.45, 7) is 0. The molecule has 0 radical (unpaired) electrons. The van der Waals surface area contributed by atoms with E-state index in [9.17, 15) is 9.90 Å². The van der Waals surface area contributed by atoms with Crippen molar-refractivity contribution in [2.75, 3.05) is 0 Å². The van der Waals surface area contributed by atoms with Crippen molar-refractivity contribution in [3.05, 3.63) is 59.7 Å². The van der Waals surface area contributed by atoms with Crippen LogP contribution in [0.25, 0.3) is 11.1 Å². The maximum absolute atomic E-state index is 12.7. The lowest BCUT2D eigenvalue weighted by Crippen LogP contribution is -2.38. The average Bonchev–Trinajstić information content (AvgIpc) is 3.11. The topological polar surface area (TPSA) is 75.4 Å². The lowest BCUT2D eigenvalue weighted by molar-refractivity contribution is 0.0867. The highest BCUT2D eigenvalue weighted by molar-refractivity contribution is 7.98. The van der Waals surface area contributed by atoms with Crippen LogP contribution in [0.5, 0.6) is 0 Å². The number of fused-ring (bicyclic) bond motifs is 1. The number of nitrogens with zero attached hydrogens (tertiary/aromatic N) is 1. The van der Waals surface area contributed by atoms with Crippen LogP contribution in [-0.4, -0.2) is 28.1 Å². The Morgan fingerprint density at radius 1 is 1.11 bits per heavy atom. The molecule has 5 nitrogen and oxygen atoms in total. The van der Waals surface area contributed by atoms with E-state index in [-0.39, 0.29) is 18.1 Å². The molecule has 2 N–H and O–H groups in total. The molecule has 1 amide bonds. The largest absolute Gasteiger partial charge is 0.431 e. The first-order valence-corrected chi connectivity index (χ1v) is 10.2. The predicted octanol–water partition coefficient (Wildman–Crippen LogP) is 4.15. The number of carbonyl (C=O) groups is 1. The number of aliphatic hydroxyl groups is 1. The van der Waals surface area contributed by atoms with Crippen molar-refractivity contribution in [2.24, 2.45) is 0 Å². The van der Waals surface area contributed by atoms with Crippen molar-refractivity contribution in [3.63, 3.8) is 0 Å². The molecule has 6 heteroatoms. The van der Waals surface area contributed by atoms with Crippen LogP contribution in [-0.2, 0) is 5.75 Å². The summed E-state index contributed by atoms with van der Waals surface area (Å²) in [4.78, 5) is 17.2. The Hall–Kier alpha value is -2.31. The van der Waals surface area contributed by atoms with Crippen LogP contribution in [0.1, 0.15) is 41.6 Å². The molecule has 1 aliphatic rings. The van der Waals surface area contributed by atoms with Crippen molar-refractivity contribution in [1.29, 1.82) is 0 Å². The Balaban J connectivity index is 1.43. The fourth-order valence-electron chi connectivity index (χ4n) is 3.40. The van der Waals surface area contributed by atoms with Gasteiger partial charge in [0.1, 0.15) is 5.52 Å². The van der Waals surface area contributed by atoms with Gasteiger partial charge in [-0.15, -0.1) is 0 Å². The zero-order valence-corrected chi connectivity index (χ0v) is 15.7. The van der Waals surface area contributed by atoms with E-state index < -0.39 is 0 Å². The standard InChI is InChI=1S/C21H22N2O3S/c24-16-11-9-15(10-12-16)22-20(25)17-6-2-1-5-14(17)13-27-21-23-18-7-3-4-8-19(18)26-21/h1-8,15-16,24H,9-13H2,(H,22,25). The second-order valence-electron chi connectivity index (χ2n) is 6.87. The van der Waals surface area contributed by atoms with Crippen molar-refractivity contribution in [1.82, 2.24) is 10.3 Å². The molecule has 0 spiro atoms. The number of aliphatic hydroxyl groups excluding tert-OH is 1. The molecule has 1 aromatic heterocycles. The van der Waals surface area contributed by atoms with Gasteiger partial charge in [0.15, 0.2) is 5.58 Å². The highest BCUT2D eigenvalue weighted by atomic mass is 32.2. The van der Waals surface area contributed by atoms with E-state index in [0.29, 0.717) is 16.5 Å². The van der Waals surface area contributed by atoms with Crippen LogP contribution in [0.2, 0.25) is 0 Å². The smallest absolute Gasteiger partial charge is 0.257 e. The number of oxazole rings is 1. The summed E-state index contributed by atoms with van der Waals surface area (Å²) < 4.78 is 5.75. The molecule has 2 aromatic carbocycles. The summed E-state index contributed by atoms with van der Waals surface area (Å²) in [7, 11) is 0. The Morgan fingerprint density at radius 2 is 1.85 bits per heavy atom. The quantitative estimate of drug-likeness (QED) is 0.648. The van der Waals surface area contributed by atoms with Crippen molar-refractivity contribution >= 4 is 28.8 Å². The number of nitrogens with one attached hydrogen (secondary N) is 1. The first-order chi connectivity index (χ1) is 13.2. The van der Waals surface area contributed by atoms with Crippen molar-refractivity contribution in [3.8, 4) is 0 Å². The molecular formula is C21H22N2O3S. The average molecular weight is 382 g/mol. The molecule has 1 fully saturated rings. The third kappa shape index (κ3) is 4.34. The molecule has 1 heterocycles. The molecule has 0 atom stereocenters. The number of amides is 1. The minimum Gasteiger partial charge on any atom is -0.431 e. The van der Waals surface area contributed by atoms with Crippen LogP contribution in [0.3, 0.4) is 0 Å². The lowest BCUT2D eigenvalue weighted by atomic mass is 9.93. The summed E-state index contributed by atoms with van der Waals surface area (Å²) >= 11 is 1.49. The van der Waals surface area contributed by atoms with E-state index in [0.717, 1.165) is 42.3 Å². The fraction of sp³-hybridized carbons (Fsp3) is 0.333. The maximum Gasteiger partial charge on any atom is 0.257 e. The molecular weight excluding hydrogens is 360 g/mol. The first kappa shape index (κ1) is 18.1. The number of aromatic nitrogens is 1. The molecule has 0 bridgehead atoms.